The number of benzene rings is 1. The molecular weight excluding hydrogens is 320 g/mol. The monoisotopic (exact) mass is 354 g/mol. The Morgan fingerprint density at radius 1 is 1.00 bits per heavy atom. The van der Waals surface area contributed by atoms with Gasteiger partial charge in [-0.05, 0) is 62.0 Å². The third-order valence-electron chi connectivity index (χ3n) is 6.78. The van der Waals surface area contributed by atoms with Gasteiger partial charge in [0.25, 0.3) is 0 Å². The van der Waals surface area contributed by atoms with Gasteiger partial charge in [0, 0.05) is 25.2 Å². The van der Waals surface area contributed by atoms with E-state index in [-0.39, 0.29) is 0 Å². The van der Waals surface area contributed by atoms with Gasteiger partial charge in [-0.3, -0.25) is 9.69 Å². The molecule has 1 unspecified atom stereocenters. The summed E-state index contributed by atoms with van der Waals surface area (Å²) >= 11 is 0. The van der Waals surface area contributed by atoms with E-state index < -0.39 is 0 Å². The second kappa shape index (κ2) is 8.12. The molecule has 0 bridgehead atoms. The Morgan fingerprint density at radius 3 is 2.42 bits per heavy atom. The third kappa shape index (κ3) is 4.14. The number of aryl methyl sites for hydroxylation is 1. The number of rotatable bonds is 6. The van der Waals surface area contributed by atoms with Gasteiger partial charge in [-0.1, -0.05) is 44.0 Å². The van der Waals surface area contributed by atoms with Crippen molar-refractivity contribution in [2.45, 2.75) is 83.3 Å². The summed E-state index contributed by atoms with van der Waals surface area (Å²) in [6.45, 7) is 4.72. The maximum Gasteiger partial charge on any atom is 0.237 e. The fraction of sp³-hybridized carbons (Fsp3) is 0.696. The van der Waals surface area contributed by atoms with E-state index in [1.54, 1.807) is 0 Å². The van der Waals surface area contributed by atoms with Crippen molar-refractivity contribution in [3.63, 3.8) is 0 Å². The molecule has 0 aromatic heterocycles. The molecule has 3 fully saturated rings. The summed E-state index contributed by atoms with van der Waals surface area (Å²) in [4.78, 5) is 17.9. The molecule has 1 amide bonds. The van der Waals surface area contributed by atoms with Crippen LogP contribution in [0.15, 0.2) is 24.3 Å². The van der Waals surface area contributed by atoms with E-state index >= 15 is 0 Å². The van der Waals surface area contributed by atoms with Crippen LogP contribution in [0.4, 0.5) is 0 Å². The van der Waals surface area contributed by atoms with Gasteiger partial charge < -0.3 is 4.90 Å². The second-order valence-electron chi connectivity index (χ2n) is 8.65. The molecule has 2 saturated carbocycles. The first kappa shape index (κ1) is 18.0. The molecule has 1 heterocycles. The van der Waals surface area contributed by atoms with Crippen LogP contribution in [0.25, 0.3) is 0 Å². The minimum absolute atomic E-state index is 0.388. The molecule has 2 aliphatic carbocycles. The molecule has 4 rings (SSSR count). The average molecular weight is 355 g/mol. The van der Waals surface area contributed by atoms with E-state index in [4.69, 9.17) is 0 Å². The van der Waals surface area contributed by atoms with Crippen molar-refractivity contribution in [1.82, 2.24) is 9.80 Å². The van der Waals surface area contributed by atoms with Crippen LogP contribution in [0, 0.1) is 5.92 Å². The summed E-state index contributed by atoms with van der Waals surface area (Å²) in [6, 6.07) is 10.1. The third-order valence-corrected chi connectivity index (χ3v) is 6.78. The zero-order chi connectivity index (χ0) is 17.9. The summed E-state index contributed by atoms with van der Waals surface area (Å²) in [7, 11) is 0. The van der Waals surface area contributed by atoms with Crippen molar-refractivity contribution in [2.75, 3.05) is 13.1 Å². The van der Waals surface area contributed by atoms with Crippen molar-refractivity contribution >= 4 is 5.91 Å². The number of piperidine rings is 1. The summed E-state index contributed by atoms with van der Waals surface area (Å²) in [5, 5.41) is 0. The second-order valence-corrected chi connectivity index (χ2v) is 8.65. The lowest BCUT2D eigenvalue weighted by Gasteiger charge is -2.44. The molecular formula is C23H34N2O. The highest BCUT2D eigenvalue weighted by molar-refractivity contribution is 5.79. The van der Waals surface area contributed by atoms with E-state index in [0.717, 1.165) is 25.4 Å². The van der Waals surface area contributed by atoms with E-state index in [2.05, 4.69) is 41.0 Å². The first-order valence-electron chi connectivity index (χ1n) is 10.9. The van der Waals surface area contributed by atoms with Crippen molar-refractivity contribution in [2.24, 2.45) is 5.92 Å². The lowest BCUT2D eigenvalue weighted by atomic mass is 9.78. The highest BCUT2D eigenvalue weighted by Crippen LogP contribution is 2.36. The van der Waals surface area contributed by atoms with Gasteiger partial charge in [0.1, 0.15) is 0 Å². The van der Waals surface area contributed by atoms with Crippen molar-refractivity contribution < 1.29 is 4.79 Å². The van der Waals surface area contributed by atoms with E-state index in [0.29, 0.717) is 24.5 Å². The van der Waals surface area contributed by atoms with Crippen LogP contribution in [-0.2, 0) is 17.8 Å². The number of carbonyl (C=O) groups is 1. The lowest BCUT2D eigenvalue weighted by molar-refractivity contribution is -0.139. The van der Waals surface area contributed by atoms with Crippen LogP contribution in [0.1, 0.15) is 69.4 Å². The summed E-state index contributed by atoms with van der Waals surface area (Å²) in [5.74, 6) is 1.16. The maximum absolute atomic E-state index is 13.2. The predicted octanol–water partition coefficient (Wildman–Crippen LogP) is 4.39. The smallest absolute Gasteiger partial charge is 0.237 e. The topological polar surface area (TPSA) is 23.6 Å². The number of hydrogen-bond acceptors (Lipinski definition) is 2. The summed E-state index contributed by atoms with van der Waals surface area (Å²) in [5.41, 5.74) is 2.73. The maximum atomic E-state index is 13.2. The summed E-state index contributed by atoms with van der Waals surface area (Å²) < 4.78 is 0. The number of carbonyl (C=O) groups excluding carboxylic acids is 1. The van der Waals surface area contributed by atoms with Gasteiger partial charge in [-0.25, -0.2) is 0 Å². The quantitative estimate of drug-likeness (QED) is 0.756. The first-order valence-corrected chi connectivity index (χ1v) is 10.9. The molecule has 142 valence electrons. The number of amides is 1. The molecule has 3 nitrogen and oxygen atoms in total. The highest BCUT2D eigenvalue weighted by atomic mass is 16.2. The molecule has 3 aliphatic rings. The van der Waals surface area contributed by atoms with Gasteiger partial charge in [-0.2, -0.15) is 0 Å². The van der Waals surface area contributed by atoms with Crippen LogP contribution in [-0.4, -0.2) is 40.9 Å². The normalized spacial score (nSPS) is 26.0. The van der Waals surface area contributed by atoms with Crippen molar-refractivity contribution in [1.29, 1.82) is 0 Å². The molecule has 0 N–H and O–H groups in total. The van der Waals surface area contributed by atoms with Gasteiger partial charge in [0.2, 0.25) is 5.91 Å². The number of nitrogens with zero attached hydrogens (tertiary/aromatic N) is 2. The SMILES string of the molecule is CCc1ccc(CN(CC(=O)N2CCCC3CCCC[C@@H]32)C2CC2)cc1. The van der Waals surface area contributed by atoms with Gasteiger partial charge >= 0.3 is 0 Å². The standard InChI is InChI=1S/C23H34N2O/c1-2-18-9-11-19(12-10-18)16-24(21-13-14-21)17-23(26)25-15-5-7-20-6-3-4-8-22(20)25/h9-12,20-22H,2-8,13-17H2,1H3/t20?,22-/m0/s1. The number of fused-ring (bicyclic) bond motifs is 1. The van der Waals surface area contributed by atoms with Crippen LogP contribution in [0.3, 0.4) is 0 Å². The number of hydrogen-bond donors (Lipinski definition) is 0. The Kier molecular flexibility index (Phi) is 5.63. The zero-order valence-electron chi connectivity index (χ0n) is 16.3. The van der Waals surface area contributed by atoms with Gasteiger partial charge in [-0.15, -0.1) is 0 Å². The molecule has 2 atom stereocenters. The Hall–Kier alpha value is -1.35. The zero-order valence-corrected chi connectivity index (χ0v) is 16.3. The average Bonchev–Trinajstić information content (AvgIpc) is 3.53. The fourth-order valence-corrected chi connectivity index (χ4v) is 5.07. The molecule has 1 saturated heterocycles. The van der Waals surface area contributed by atoms with E-state index in [9.17, 15) is 4.79 Å². The summed E-state index contributed by atoms with van der Waals surface area (Å²) in [6.07, 6.45) is 11.4. The molecule has 3 heteroatoms. The Bertz CT molecular complexity index is 605. The fourth-order valence-electron chi connectivity index (χ4n) is 5.07. The van der Waals surface area contributed by atoms with Gasteiger partial charge in [0.05, 0.1) is 6.54 Å². The van der Waals surface area contributed by atoms with E-state index in [1.165, 1.54) is 62.5 Å². The van der Waals surface area contributed by atoms with Crippen molar-refractivity contribution in [3.8, 4) is 0 Å². The predicted molar refractivity (Wildman–Crippen MR) is 106 cm³/mol. The van der Waals surface area contributed by atoms with Crippen LogP contribution in [0.5, 0.6) is 0 Å². The minimum Gasteiger partial charge on any atom is -0.338 e. The highest BCUT2D eigenvalue weighted by Gasteiger charge is 2.37. The largest absolute Gasteiger partial charge is 0.338 e. The van der Waals surface area contributed by atoms with Crippen LogP contribution in [0.2, 0.25) is 0 Å². The number of likely N-dealkylation sites (tertiary alicyclic amines) is 1. The van der Waals surface area contributed by atoms with E-state index in [1.807, 2.05) is 0 Å². The molecule has 1 aromatic carbocycles. The Labute approximate surface area is 158 Å². The molecule has 26 heavy (non-hydrogen) atoms. The molecule has 0 radical (unpaired) electrons. The van der Waals surface area contributed by atoms with Crippen LogP contribution < -0.4 is 0 Å². The molecule has 0 spiro atoms. The Balaban J connectivity index is 1.40. The molecule has 1 aliphatic heterocycles. The van der Waals surface area contributed by atoms with Crippen molar-refractivity contribution in [3.05, 3.63) is 35.4 Å². The first-order chi connectivity index (χ1) is 12.7. The van der Waals surface area contributed by atoms with Crippen LogP contribution >= 0.6 is 0 Å². The molecule has 1 aromatic rings. The Morgan fingerprint density at radius 2 is 1.69 bits per heavy atom. The minimum atomic E-state index is 0.388. The van der Waals surface area contributed by atoms with Gasteiger partial charge in [0.15, 0.2) is 0 Å². The lowest BCUT2D eigenvalue weighted by Crippen LogP contribution is -2.52.